The first-order chi connectivity index (χ1) is 5.54. The van der Waals surface area contributed by atoms with Crippen molar-refractivity contribution in [2.24, 2.45) is 5.73 Å². The smallest absolute Gasteiger partial charge is 0.153 e. The summed E-state index contributed by atoms with van der Waals surface area (Å²) in [5, 5.41) is 0. The average molecular weight is 167 g/mol. The maximum Gasteiger partial charge on any atom is 0.153 e. The lowest BCUT2D eigenvalue weighted by Gasteiger charge is -2.19. The molecule has 0 aromatic heterocycles. The Bertz CT molecular complexity index is 208. The van der Waals surface area contributed by atoms with Crippen molar-refractivity contribution >= 4 is 5.78 Å². The number of hydrogen-bond donors (Lipinski definition) is 1. The predicted octanol–water partition coefficient (Wildman–Crippen LogP) is 1.49. The first kappa shape index (κ1) is 11.2. The Balaban J connectivity index is 3.93. The van der Waals surface area contributed by atoms with Gasteiger partial charge in [0, 0.05) is 12.8 Å². The quantitative estimate of drug-likeness (QED) is 0.644. The normalized spacial score (nSPS) is 14.3. The number of rotatable bonds is 4. The topological polar surface area (TPSA) is 43.1 Å². The molecule has 0 rings (SSSR count). The molecule has 0 aliphatic carbocycles. The summed E-state index contributed by atoms with van der Waals surface area (Å²) in [7, 11) is 0. The third kappa shape index (κ3) is 3.54. The SMILES string of the molecule is CC#CCCC(=O)C(C)(N)CC. The summed E-state index contributed by atoms with van der Waals surface area (Å²) in [6, 6.07) is 0. The summed E-state index contributed by atoms with van der Waals surface area (Å²) >= 11 is 0. The summed E-state index contributed by atoms with van der Waals surface area (Å²) in [5.41, 5.74) is 5.09. The van der Waals surface area contributed by atoms with Gasteiger partial charge in [-0.25, -0.2) is 0 Å². The van der Waals surface area contributed by atoms with Gasteiger partial charge in [-0.1, -0.05) is 6.92 Å². The Hall–Kier alpha value is -0.810. The highest BCUT2D eigenvalue weighted by Crippen LogP contribution is 2.09. The Morgan fingerprint density at radius 1 is 1.58 bits per heavy atom. The number of ketones is 1. The molecule has 0 radical (unpaired) electrons. The highest BCUT2D eigenvalue weighted by molar-refractivity contribution is 5.87. The molecule has 2 heteroatoms. The molecule has 0 amide bonds. The molecule has 0 aromatic rings. The number of Topliss-reactive ketones (excluding diaryl/α,β-unsaturated/α-hetero) is 1. The molecule has 0 bridgehead atoms. The van der Waals surface area contributed by atoms with Crippen molar-refractivity contribution in [1.82, 2.24) is 0 Å². The van der Waals surface area contributed by atoms with E-state index in [1.165, 1.54) is 0 Å². The number of carbonyl (C=O) groups excluding carboxylic acids is 1. The van der Waals surface area contributed by atoms with E-state index in [1.54, 1.807) is 13.8 Å². The molecule has 0 heterocycles. The van der Waals surface area contributed by atoms with Crippen molar-refractivity contribution in [2.45, 2.75) is 45.6 Å². The molecule has 2 nitrogen and oxygen atoms in total. The van der Waals surface area contributed by atoms with Gasteiger partial charge >= 0.3 is 0 Å². The molecule has 1 unspecified atom stereocenters. The van der Waals surface area contributed by atoms with Crippen LogP contribution in [0.5, 0.6) is 0 Å². The second kappa shape index (κ2) is 4.95. The standard InChI is InChI=1S/C10H17NO/c1-4-6-7-8-9(12)10(3,11)5-2/h5,7-8,11H2,1-3H3. The molecular weight excluding hydrogens is 150 g/mol. The van der Waals surface area contributed by atoms with Crippen LogP contribution in [0.3, 0.4) is 0 Å². The van der Waals surface area contributed by atoms with Crippen LogP contribution in [0.4, 0.5) is 0 Å². The predicted molar refractivity (Wildman–Crippen MR) is 50.6 cm³/mol. The molecule has 0 aromatic carbocycles. The van der Waals surface area contributed by atoms with Crippen LogP contribution in [-0.4, -0.2) is 11.3 Å². The zero-order valence-electron chi connectivity index (χ0n) is 8.11. The Morgan fingerprint density at radius 2 is 2.17 bits per heavy atom. The maximum absolute atomic E-state index is 11.4. The van der Waals surface area contributed by atoms with E-state index < -0.39 is 5.54 Å². The van der Waals surface area contributed by atoms with Crippen LogP contribution < -0.4 is 5.73 Å². The summed E-state index contributed by atoms with van der Waals surface area (Å²) < 4.78 is 0. The fraction of sp³-hybridized carbons (Fsp3) is 0.700. The Morgan fingerprint density at radius 3 is 2.58 bits per heavy atom. The fourth-order valence-electron chi connectivity index (χ4n) is 0.784. The van der Waals surface area contributed by atoms with Crippen LogP contribution in [0.15, 0.2) is 0 Å². The van der Waals surface area contributed by atoms with Crippen LogP contribution in [0, 0.1) is 11.8 Å². The van der Waals surface area contributed by atoms with Crippen LogP contribution in [0.2, 0.25) is 0 Å². The molecule has 0 aliphatic heterocycles. The third-order valence-electron chi connectivity index (χ3n) is 2.03. The molecule has 12 heavy (non-hydrogen) atoms. The summed E-state index contributed by atoms with van der Waals surface area (Å²) in [5.74, 6) is 5.70. The van der Waals surface area contributed by atoms with E-state index in [1.807, 2.05) is 6.92 Å². The fourth-order valence-corrected chi connectivity index (χ4v) is 0.784. The Kier molecular flexibility index (Phi) is 4.61. The van der Waals surface area contributed by atoms with E-state index in [-0.39, 0.29) is 5.78 Å². The van der Waals surface area contributed by atoms with Gasteiger partial charge in [-0.2, -0.15) is 0 Å². The molecule has 0 fully saturated rings. The lowest BCUT2D eigenvalue weighted by Crippen LogP contribution is -2.44. The zero-order chi connectivity index (χ0) is 9.61. The van der Waals surface area contributed by atoms with Gasteiger partial charge in [-0.15, -0.1) is 11.8 Å². The highest BCUT2D eigenvalue weighted by atomic mass is 16.1. The van der Waals surface area contributed by atoms with Gasteiger partial charge in [0.1, 0.15) is 0 Å². The van der Waals surface area contributed by atoms with Gasteiger partial charge in [0.15, 0.2) is 5.78 Å². The average Bonchev–Trinajstić information content (AvgIpc) is 2.05. The summed E-state index contributed by atoms with van der Waals surface area (Å²) in [4.78, 5) is 11.4. The monoisotopic (exact) mass is 167 g/mol. The van der Waals surface area contributed by atoms with Crippen LogP contribution >= 0.6 is 0 Å². The van der Waals surface area contributed by atoms with Crippen molar-refractivity contribution in [1.29, 1.82) is 0 Å². The van der Waals surface area contributed by atoms with Crippen LogP contribution in [-0.2, 0) is 4.79 Å². The molecular formula is C10H17NO. The van der Waals surface area contributed by atoms with Gasteiger partial charge in [-0.3, -0.25) is 4.79 Å². The lowest BCUT2D eigenvalue weighted by molar-refractivity contribution is -0.123. The molecule has 0 saturated heterocycles. The molecule has 0 saturated carbocycles. The zero-order valence-corrected chi connectivity index (χ0v) is 8.11. The van der Waals surface area contributed by atoms with Crippen molar-refractivity contribution in [3.63, 3.8) is 0 Å². The number of hydrogen-bond acceptors (Lipinski definition) is 2. The molecule has 2 N–H and O–H groups in total. The maximum atomic E-state index is 11.4. The summed E-state index contributed by atoms with van der Waals surface area (Å²) in [6.45, 7) is 5.46. The van der Waals surface area contributed by atoms with Crippen molar-refractivity contribution in [3.8, 4) is 11.8 Å². The van der Waals surface area contributed by atoms with Gasteiger partial charge in [-0.05, 0) is 20.3 Å². The first-order valence-electron chi connectivity index (χ1n) is 4.26. The third-order valence-corrected chi connectivity index (χ3v) is 2.03. The minimum atomic E-state index is -0.657. The van der Waals surface area contributed by atoms with E-state index in [0.29, 0.717) is 19.3 Å². The van der Waals surface area contributed by atoms with Crippen LogP contribution in [0.1, 0.15) is 40.0 Å². The largest absolute Gasteiger partial charge is 0.319 e. The summed E-state index contributed by atoms with van der Waals surface area (Å²) in [6.07, 6.45) is 1.79. The van der Waals surface area contributed by atoms with Gasteiger partial charge in [0.25, 0.3) is 0 Å². The minimum absolute atomic E-state index is 0.104. The molecule has 68 valence electrons. The van der Waals surface area contributed by atoms with E-state index in [0.717, 1.165) is 0 Å². The van der Waals surface area contributed by atoms with Gasteiger partial charge in [0.2, 0.25) is 0 Å². The van der Waals surface area contributed by atoms with E-state index in [4.69, 9.17) is 5.73 Å². The second-order valence-corrected chi connectivity index (χ2v) is 3.12. The highest BCUT2D eigenvalue weighted by Gasteiger charge is 2.24. The minimum Gasteiger partial charge on any atom is -0.319 e. The van der Waals surface area contributed by atoms with E-state index in [2.05, 4.69) is 11.8 Å². The van der Waals surface area contributed by atoms with Crippen molar-refractivity contribution in [2.75, 3.05) is 0 Å². The first-order valence-corrected chi connectivity index (χ1v) is 4.26. The Labute approximate surface area is 74.5 Å². The van der Waals surface area contributed by atoms with Gasteiger partial charge in [0.05, 0.1) is 5.54 Å². The van der Waals surface area contributed by atoms with Crippen LogP contribution in [0.25, 0.3) is 0 Å². The second-order valence-electron chi connectivity index (χ2n) is 3.12. The number of nitrogens with two attached hydrogens (primary N) is 1. The van der Waals surface area contributed by atoms with Crippen molar-refractivity contribution < 1.29 is 4.79 Å². The van der Waals surface area contributed by atoms with Gasteiger partial charge < -0.3 is 5.73 Å². The van der Waals surface area contributed by atoms with E-state index >= 15 is 0 Å². The molecule has 0 aliphatic rings. The lowest BCUT2D eigenvalue weighted by atomic mass is 9.92. The number of carbonyl (C=O) groups is 1. The molecule has 0 spiro atoms. The van der Waals surface area contributed by atoms with Crippen molar-refractivity contribution in [3.05, 3.63) is 0 Å². The van der Waals surface area contributed by atoms with E-state index in [9.17, 15) is 4.79 Å². The molecule has 1 atom stereocenters.